The maximum Gasteiger partial charge on any atom is 0.229 e. The standard InChI is InChI=1S/C24H20N2O3/c1-28-20-14-12-18(13-15-20)22(27)21-24(25-16-17-8-4-2-5-9-17)29-23(26-21)19-10-6-3-7-11-19/h2-15,25H,16H2,1H3. The molecule has 0 amide bonds. The number of ketones is 1. The van der Waals surface area contributed by atoms with Gasteiger partial charge in [-0.2, -0.15) is 0 Å². The zero-order chi connectivity index (χ0) is 20.1. The molecule has 0 radical (unpaired) electrons. The molecule has 0 aliphatic carbocycles. The Morgan fingerprint density at radius 2 is 1.59 bits per heavy atom. The molecular formula is C24H20N2O3. The molecule has 0 aliphatic heterocycles. The number of anilines is 1. The van der Waals surface area contributed by atoms with E-state index in [1.54, 1.807) is 31.4 Å². The van der Waals surface area contributed by atoms with Crippen molar-refractivity contribution in [3.63, 3.8) is 0 Å². The van der Waals surface area contributed by atoms with E-state index in [0.717, 1.165) is 11.1 Å². The van der Waals surface area contributed by atoms with Crippen LogP contribution in [0.3, 0.4) is 0 Å². The Labute approximate surface area is 169 Å². The summed E-state index contributed by atoms with van der Waals surface area (Å²) < 4.78 is 11.1. The molecule has 0 bridgehead atoms. The first-order valence-electron chi connectivity index (χ1n) is 9.27. The third kappa shape index (κ3) is 4.19. The highest BCUT2D eigenvalue weighted by atomic mass is 16.5. The van der Waals surface area contributed by atoms with E-state index in [1.165, 1.54) is 0 Å². The number of hydrogen-bond donors (Lipinski definition) is 1. The largest absolute Gasteiger partial charge is 0.497 e. The molecule has 5 nitrogen and oxygen atoms in total. The van der Waals surface area contributed by atoms with Gasteiger partial charge < -0.3 is 14.5 Å². The van der Waals surface area contributed by atoms with Crippen LogP contribution in [0.25, 0.3) is 11.5 Å². The number of carbonyl (C=O) groups excluding carboxylic acids is 1. The van der Waals surface area contributed by atoms with Gasteiger partial charge in [-0.15, -0.1) is 0 Å². The van der Waals surface area contributed by atoms with Crippen molar-refractivity contribution in [2.45, 2.75) is 6.54 Å². The lowest BCUT2D eigenvalue weighted by molar-refractivity contribution is 0.103. The lowest BCUT2D eigenvalue weighted by Crippen LogP contribution is -2.07. The third-order valence-corrected chi connectivity index (χ3v) is 4.51. The zero-order valence-electron chi connectivity index (χ0n) is 16.0. The average molecular weight is 384 g/mol. The average Bonchev–Trinajstić information content (AvgIpc) is 3.23. The van der Waals surface area contributed by atoms with Gasteiger partial charge in [-0.25, -0.2) is 4.98 Å². The van der Waals surface area contributed by atoms with E-state index in [2.05, 4.69) is 10.3 Å². The Morgan fingerprint density at radius 3 is 2.24 bits per heavy atom. The monoisotopic (exact) mass is 384 g/mol. The highest BCUT2D eigenvalue weighted by Crippen LogP contribution is 2.28. The molecule has 0 spiro atoms. The number of benzene rings is 3. The summed E-state index contributed by atoms with van der Waals surface area (Å²) >= 11 is 0. The van der Waals surface area contributed by atoms with E-state index in [9.17, 15) is 4.79 Å². The molecule has 29 heavy (non-hydrogen) atoms. The third-order valence-electron chi connectivity index (χ3n) is 4.51. The smallest absolute Gasteiger partial charge is 0.229 e. The quantitative estimate of drug-likeness (QED) is 0.444. The van der Waals surface area contributed by atoms with Gasteiger partial charge >= 0.3 is 0 Å². The van der Waals surface area contributed by atoms with Crippen LogP contribution in [0.1, 0.15) is 21.6 Å². The van der Waals surface area contributed by atoms with Crippen molar-refractivity contribution < 1.29 is 13.9 Å². The van der Waals surface area contributed by atoms with Crippen LogP contribution >= 0.6 is 0 Å². The molecule has 0 atom stereocenters. The maximum atomic E-state index is 13.1. The molecule has 3 aromatic carbocycles. The summed E-state index contributed by atoms with van der Waals surface area (Å²) in [6.07, 6.45) is 0. The van der Waals surface area contributed by atoms with Gasteiger partial charge in [-0.05, 0) is 42.0 Å². The van der Waals surface area contributed by atoms with E-state index < -0.39 is 0 Å². The molecule has 0 saturated carbocycles. The minimum atomic E-state index is -0.214. The molecule has 5 heteroatoms. The van der Waals surface area contributed by atoms with Gasteiger partial charge in [0.1, 0.15) is 5.75 Å². The second-order valence-corrected chi connectivity index (χ2v) is 6.46. The second kappa shape index (κ2) is 8.44. The Morgan fingerprint density at radius 1 is 0.931 bits per heavy atom. The summed E-state index contributed by atoms with van der Waals surface area (Å²) in [5.41, 5.74) is 2.66. The predicted octanol–water partition coefficient (Wildman–Crippen LogP) is 5.19. The SMILES string of the molecule is COc1ccc(C(=O)c2nc(-c3ccccc3)oc2NCc2ccccc2)cc1. The fourth-order valence-corrected chi connectivity index (χ4v) is 2.96. The summed E-state index contributed by atoms with van der Waals surface area (Å²) in [6, 6.07) is 26.4. The number of carbonyl (C=O) groups is 1. The molecule has 4 aromatic rings. The second-order valence-electron chi connectivity index (χ2n) is 6.46. The van der Waals surface area contributed by atoms with E-state index in [0.29, 0.717) is 29.6 Å². The van der Waals surface area contributed by atoms with Gasteiger partial charge in [-0.3, -0.25) is 4.79 Å². The van der Waals surface area contributed by atoms with Gasteiger partial charge in [0.2, 0.25) is 17.6 Å². The number of methoxy groups -OCH3 is 1. The Hall–Kier alpha value is -3.86. The number of oxazole rings is 1. The maximum absolute atomic E-state index is 13.1. The van der Waals surface area contributed by atoms with Crippen molar-refractivity contribution >= 4 is 11.7 Å². The highest BCUT2D eigenvalue weighted by Gasteiger charge is 2.22. The topological polar surface area (TPSA) is 64.4 Å². The first-order chi connectivity index (χ1) is 14.2. The van der Waals surface area contributed by atoms with Crippen LogP contribution < -0.4 is 10.1 Å². The van der Waals surface area contributed by atoms with Crippen LogP contribution in [0.2, 0.25) is 0 Å². The van der Waals surface area contributed by atoms with Gasteiger partial charge in [0.05, 0.1) is 7.11 Å². The van der Waals surface area contributed by atoms with Crippen molar-refractivity contribution in [3.05, 3.63) is 102 Å². The summed E-state index contributed by atoms with van der Waals surface area (Å²) in [6.45, 7) is 0.521. The molecule has 0 aliphatic rings. The Bertz CT molecular complexity index is 1090. The van der Waals surface area contributed by atoms with Crippen molar-refractivity contribution in [3.8, 4) is 17.2 Å². The van der Waals surface area contributed by atoms with Crippen LogP contribution in [0.4, 0.5) is 5.88 Å². The normalized spacial score (nSPS) is 10.5. The van der Waals surface area contributed by atoms with Crippen molar-refractivity contribution in [1.82, 2.24) is 4.98 Å². The van der Waals surface area contributed by atoms with E-state index in [-0.39, 0.29) is 11.5 Å². The Kier molecular flexibility index (Phi) is 5.38. The molecule has 1 N–H and O–H groups in total. The summed E-state index contributed by atoms with van der Waals surface area (Å²) in [5, 5.41) is 3.22. The van der Waals surface area contributed by atoms with Crippen molar-refractivity contribution in [2.75, 3.05) is 12.4 Å². The molecule has 1 aromatic heterocycles. The summed E-state index contributed by atoms with van der Waals surface area (Å²) in [7, 11) is 1.59. The number of aromatic nitrogens is 1. The molecule has 144 valence electrons. The molecular weight excluding hydrogens is 364 g/mol. The number of hydrogen-bond acceptors (Lipinski definition) is 5. The fourth-order valence-electron chi connectivity index (χ4n) is 2.96. The first-order valence-corrected chi connectivity index (χ1v) is 9.27. The van der Waals surface area contributed by atoms with Gasteiger partial charge in [0, 0.05) is 17.7 Å². The fraction of sp³-hybridized carbons (Fsp3) is 0.0833. The highest BCUT2D eigenvalue weighted by molar-refractivity contribution is 6.10. The number of rotatable bonds is 7. The lowest BCUT2D eigenvalue weighted by atomic mass is 10.1. The number of nitrogens with zero attached hydrogens (tertiary/aromatic N) is 1. The molecule has 0 unspecified atom stereocenters. The lowest BCUT2D eigenvalue weighted by Gasteiger charge is -2.05. The van der Waals surface area contributed by atoms with Crippen LogP contribution in [0.5, 0.6) is 5.75 Å². The van der Waals surface area contributed by atoms with Gasteiger partial charge in [-0.1, -0.05) is 48.5 Å². The molecule has 1 heterocycles. The zero-order valence-corrected chi connectivity index (χ0v) is 16.0. The van der Waals surface area contributed by atoms with Gasteiger partial charge in [0.15, 0.2) is 5.69 Å². The Balaban J connectivity index is 1.67. The van der Waals surface area contributed by atoms with Crippen LogP contribution in [-0.2, 0) is 6.54 Å². The summed E-state index contributed by atoms with van der Waals surface area (Å²) in [4.78, 5) is 17.6. The van der Waals surface area contributed by atoms with Gasteiger partial charge in [0.25, 0.3) is 0 Å². The molecule has 4 rings (SSSR count). The van der Waals surface area contributed by atoms with Crippen molar-refractivity contribution in [1.29, 1.82) is 0 Å². The molecule has 0 saturated heterocycles. The van der Waals surface area contributed by atoms with E-state index in [1.807, 2.05) is 60.7 Å². The number of nitrogens with one attached hydrogen (secondary N) is 1. The first kappa shape index (κ1) is 18.5. The van der Waals surface area contributed by atoms with Crippen molar-refractivity contribution in [2.24, 2.45) is 0 Å². The minimum Gasteiger partial charge on any atom is -0.497 e. The number of ether oxygens (including phenoxy) is 1. The summed E-state index contributed by atoms with van der Waals surface area (Å²) in [5.74, 6) is 1.23. The van der Waals surface area contributed by atoms with Crippen LogP contribution in [0.15, 0.2) is 89.3 Å². The van der Waals surface area contributed by atoms with Crippen LogP contribution in [0, 0.1) is 0 Å². The molecule has 0 fully saturated rings. The minimum absolute atomic E-state index is 0.214. The van der Waals surface area contributed by atoms with E-state index in [4.69, 9.17) is 9.15 Å². The van der Waals surface area contributed by atoms with Crippen LogP contribution in [-0.4, -0.2) is 17.9 Å². The van der Waals surface area contributed by atoms with E-state index >= 15 is 0 Å². The predicted molar refractivity (Wildman–Crippen MR) is 112 cm³/mol.